The van der Waals surface area contributed by atoms with Crippen LogP contribution < -0.4 is 14.8 Å². The Morgan fingerprint density at radius 2 is 2.00 bits per heavy atom. The van der Waals surface area contributed by atoms with E-state index in [1.54, 1.807) is 43.3 Å². The average Bonchev–Trinajstić information content (AvgIpc) is 3.26. The van der Waals surface area contributed by atoms with Gasteiger partial charge in [-0.1, -0.05) is 6.07 Å². The molecule has 2 N–H and O–H groups in total. The molecule has 0 aliphatic carbocycles. The molecule has 2 heterocycles. The molecule has 3 aromatic rings. The Hall–Kier alpha value is -2.71. The first-order valence-corrected chi connectivity index (χ1v) is 8.39. The molecular formula is C17H15N3O4S. The Morgan fingerprint density at radius 3 is 2.88 bits per heavy atom. The molecule has 1 amide bonds. The molecule has 0 saturated carbocycles. The van der Waals surface area contributed by atoms with Gasteiger partial charge in [-0.2, -0.15) is 8.75 Å². The highest BCUT2D eigenvalue weighted by Gasteiger charge is 2.27. The van der Waals surface area contributed by atoms with E-state index in [1.807, 2.05) is 0 Å². The van der Waals surface area contributed by atoms with Gasteiger partial charge in [0.2, 0.25) is 6.79 Å². The smallest absolute Gasteiger partial charge is 0.251 e. The van der Waals surface area contributed by atoms with Gasteiger partial charge in [-0.3, -0.25) is 4.79 Å². The van der Waals surface area contributed by atoms with E-state index in [4.69, 9.17) is 9.47 Å². The number of nitrogens with one attached hydrogen (secondary N) is 1. The maximum absolute atomic E-state index is 12.4. The molecule has 1 aromatic heterocycles. The van der Waals surface area contributed by atoms with E-state index in [0.29, 0.717) is 28.1 Å². The van der Waals surface area contributed by atoms with Crippen LogP contribution in [0.5, 0.6) is 11.5 Å². The van der Waals surface area contributed by atoms with E-state index < -0.39 is 5.60 Å². The molecule has 25 heavy (non-hydrogen) atoms. The number of fused-ring (bicyclic) bond motifs is 2. The second kappa shape index (κ2) is 5.98. The Morgan fingerprint density at radius 1 is 1.20 bits per heavy atom. The molecule has 0 radical (unpaired) electrons. The van der Waals surface area contributed by atoms with Gasteiger partial charge in [0.05, 0.1) is 18.3 Å². The zero-order chi connectivity index (χ0) is 17.4. The van der Waals surface area contributed by atoms with Crippen molar-refractivity contribution in [3.8, 4) is 11.5 Å². The third-order valence-corrected chi connectivity index (χ3v) is 4.66. The van der Waals surface area contributed by atoms with Crippen molar-refractivity contribution < 1.29 is 19.4 Å². The van der Waals surface area contributed by atoms with Crippen LogP contribution in [0, 0.1) is 0 Å². The van der Waals surface area contributed by atoms with E-state index in [-0.39, 0.29) is 19.2 Å². The number of ether oxygens (including phenoxy) is 2. The second-order valence-electron chi connectivity index (χ2n) is 5.99. The van der Waals surface area contributed by atoms with Crippen molar-refractivity contribution in [3.63, 3.8) is 0 Å². The van der Waals surface area contributed by atoms with Gasteiger partial charge in [-0.15, -0.1) is 0 Å². The number of hydrogen-bond donors (Lipinski definition) is 2. The summed E-state index contributed by atoms with van der Waals surface area (Å²) in [6.07, 6.45) is 0. The summed E-state index contributed by atoms with van der Waals surface area (Å²) in [5.74, 6) is 0.954. The van der Waals surface area contributed by atoms with Crippen molar-refractivity contribution in [2.24, 2.45) is 0 Å². The molecule has 0 bridgehead atoms. The number of aliphatic hydroxyl groups is 1. The topological polar surface area (TPSA) is 93.6 Å². The summed E-state index contributed by atoms with van der Waals surface area (Å²) in [6.45, 7) is 1.86. The SMILES string of the molecule is CC(O)(CNC(=O)c1ccc2nsnc2c1)c1ccc2c(c1)OCO2. The van der Waals surface area contributed by atoms with Crippen LogP contribution in [0.4, 0.5) is 0 Å². The largest absolute Gasteiger partial charge is 0.454 e. The van der Waals surface area contributed by atoms with Crippen molar-refractivity contribution in [1.82, 2.24) is 14.1 Å². The van der Waals surface area contributed by atoms with Crippen LogP contribution >= 0.6 is 11.7 Å². The number of carbonyl (C=O) groups is 1. The molecule has 1 unspecified atom stereocenters. The highest BCUT2D eigenvalue weighted by Crippen LogP contribution is 2.35. The summed E-state index contributed by atoms with van der Waals surface area (Å²) in [5, 5.41) is 13.5. The van der Waals surface area contributed by atoms with Gasteiger partial charge in [-0.05, 0) is 42.8 Å². The number of aromatic nitrogens is 2. The fourth-order valence-electron chi connectivity index (χ4n) is 2.61. The minimum atomic E-state index is -1.25. The maximum Gasteiger partial charge on any atom is 0.251 e. The van der Waals surface area contributed by atoms with Crippen molar-refractivity contribution in [3.05, 3.63) is 47.5 Å². The van der Waals surface area contributed by atoms with Crippen LogP contribution in [0.3, 0.4) is 0 Å². The van der Waals surface area contributed by atoms with Crippen molar-refractivity contribution in [1.29, 1.82) is 0 Å². The third kappa shape index (κ3) is 3.01. The lowest BCUT2D eigenvalue weighted by Crippen LogP contribution is -2.38. The monoisotopic (exact) mass is 357 g/mol. The fourth-order valence-corrected chi connectivity index (χ4v) is 3.13. The molecule has 128 valence electrons. The van der Waals surface area contributed by atoms with Crippen LogP contribution in [-0.2, 0) is 5.60 Å². The second-order valence-corrected chi connectivity index (χ2v) is 6.52. The lowest BCUT2D eigenvalue weighted by atomic mass is 9.95. The lowest BCUT2D eigenvalue weighted by molar-refractivity contribution is 0.0525. The average molecular weight is 357 g/mol. The van der Waals surface area contributed by atoms with Crippen molar-refractivity contribution in [2.75, 3.05) is 13.3 Å². The summed E-state index contributed by atoms with van der Waals surface area (Å²) in [5.41, 5.74) is 1.30. The number of hydrogen-bond acceptors (Lipinski definition) is 7. The molecular weight excluding hydrogens is 342 g/mol. The van der Waals surface area contributed by atoms with E-state index in [2.05, 4.69) is 14.1 Å². The van der Waals surface area contributed by atoms with Crippen LogP contribution in [0.25, 0.3) is 11.0 Å². The minimum Gasteiger partial charge on any atom is -0.454 e. The van der Waals surface area contributed by atoms with Crippen LogP contribution in [-0.4, -0.2) is 33.1 Å². The fraction of sp³-hybridized carbons (Fsp3) is 0.235. The molecule has 8 heteroatoms. The minimum absolute atomic E-state index is 0.0544. The van der Waals surface area contributed by atoms with E-state index in [1.165, 1.54) is 0 Å². The molecule has 0 fully saturated rings. The normalized spacial score (nSPS) is 15.1. The van der Waals surface area contributed by atoms with Crippen LogP contribution in [0.2, 0.25) is 0 Å². The summed E-state index contributed by atoms with van der Waals surface area (Å²) >= 11 is 1.10. The molecule has 0 spiro atoms. The van der Waals surface area contributed by atoms with Gasteiger partial charge < -0.3 is 19.9 Å². The maximum atomic E-state index is 12.4. The number of amides is 1. The highest BCUT2D eigenvalue weighted by atomic mass is 32.1. The van der Waals surface area contributed by atoms with Crippen LogP contribution in [0.15, 0.2) is 36.4 Å². The van der Waals surface area contributed by atoms with Crippen molar-refractivity contribution >= 4 is 28.7 Å². The van der Waals surface area contributed by atoms with E-state index in [0.717, 1.165) is 17.2 Å². The van der Waals surface area contributed by atoms with Gasteiger partial charge in [0.15, 0.2) is 11.5 Å². The number of carbonyl (C=O) groups excluding carboxylic acids is 1. The highest BCUT2D eigenvalue weighted by molar-refractivity contribution is 7.00. The molecule has 7 nitrogen and oxygen atoms in total. The third-order valence-electron chi connectivity index (χ3n) is 4.10. The number of benzene rings is 2. The predicted octanol–water partition coefficient (Wildman–Crippen LogP) is 2.06. The van der Waals surface area contributed by atoms with Crippen LogP contribution in [0.1, 0.15) is 22.8 Å². The Labute approximate surface area is 147 Å². The summed E-state index contributed by atoms with van der Waals surface area (Å²) in [7, 11) is 0. The summed E-state index contributed by atoms with van der Waals surface area (Å²) in [6, 6.07) is 10.4. The number of nitrogens with zero attached hydrogens (tertiary/aromatic N) is 2. The molecule has 4 rings (SSSR count). The Bertz CT molecular complexity index is 954. The first-order chi connectivity index (χ1) is 12.0. The predicted molar refractivity (Wildman–Crippen MR) is 91.9 cm³/mol. The summed E-state index contributed by atoms with van der Waals surface area (Å²) in [4.78, 5) is 12.4. The molecule has 2 aromatic carbocycles. The van der Waals surface area contributed by atoms with Gasteiger partial charge >= 0.3 is 0 Å². The molecule has 0 saturated heterocycles. The zero-order valence-electron chi connectivity index (χ0n) is 13.4. The standard InChI is InChI=1S/C17H15N3O4S/c1-17(22,11-3-5-14-15(7-11)24-9-23-14)8-18-16(21)10-2-4-12-13(6-10)20-25-19-12/h2-7,22H,8-9H2,1H3,(H,18,21). The lowest BCUT2D eigenvalue weighted by Gasteiger charge is -2.24. The number of rotatable bonds is 4. The quantitative estimate of drug-likeness (QED) is 0.742. The Balaban J connectivity index is 1.48. The first-order valence-electron chi connectivity index (χ1n) is 7.66. The van der Waals surface area contributed by atoms with E-state index in [9.17, 15) is 9.90 Å². The molecule has 1 aliphatic rings. The molecule has 1 aliphatic heterocycles. The van der Waals surface area contributed by atoms with Gasteiger partial charge in [-0.25, -0.2) is 0 Å². The van der Waals surface area contributed by atoms with Gasteiger partial charge in [0, 0.05) is 5.56 Å². The molecule has 1 atom stereocenters. The van der Waals surface area contributed by atoms with Gasteiger partial charge in [0.1, 0.15) is 16.6 Å². The zero-order valence-corrected chi connectivity index (χ0v) is 14.2. The summed E-state index contributed by atoms with van der Waals surface area (Å²) < 4.78 is 18.8. The Kier molecular flexibility index (Phi) is 3.78. The van der Waals surface area contributed by atoms with E-state index >= 15 is 0 Å². The van der Waals surface area contributed by atoms with Crippen molar-refractivity contribution in [2.45, 2.75) is 12.5 Å². The van der Waals surface area contributed by atoms with Gasteiger partial charge in [0.25, 0.3) is 5.91 Å². The first kappa shape index (κ1) is 15.8.